The van der Waals surface area contributed by atoms with E-state index in [2.05, 4.69) is 31.2 Å². The monoisotopic (exact) mass is 692 g/mol. The predicted molar refractivity (Wildman–Crippen MR) is 200 cm³/mol. The Morgan fingerprint density at radius 3 is 2.43 bits per heavy atom. The highest BCUT2D eigenvalue weighted by Crippen LogP contribution is 2.41. The van der Waals surface area contributed by atoms with Crippen LogP contribution in [-0.2, 0) is 22.7 Å². The van der Waals surface area contributed by atoms with Crippen LogP contribution in [0.4, 0.5) is 11.5 Å². The standard InChI is InChI=1S/C38H48N10O3/c1-4-29(24-39)40-20-11-22-48-37-31-14-7-8-15-32(31)47(26-28-12-5-6-13-30(28)36(37)44-45-48)35(50)17-10-9-16-34(49)43-33-19-18-27(25-42-33)38(51)41-21-23-46(2)3/h4-8,12-15,18-19,25,40H,9-11,16-17,20-24,26,39H2,1-3H3,(H,41,51)(H,42,43,49)/b29-4+. The summed E-state index contributed by atoms with van der Waals surface area (Å²) in [6.07, 6.45) is 5.84. The third-order valence-corrected chi connectivity index (χ3v) is 8.74. The van der Waals surface area contributed by atoms with Crippen LogP contribution < -0.4 is 26.6 Å². The summed E-state index contributed by atoms with van der Waals surface area (Å²) in [6, 6.07) is 19.2. The van der Waals surface area contributed by atoms with Gasteiger partial charge in [0.05, 0.1) is 23.5 Å². The number of allylic oxidation sites excluding steroid dienone is 1. The minimum atomic E-state index is -0.212. The number of nitrogens with one attached hydrogen (secondary N) is 3. The number of rotatable bonds is 16. The number of anilines is 2. The molecule has 3 amide bonds. The Balaban J connectivity index is 1.22. The van der Waals surface area contributed by atoms with Crippen molar-refractivity contribution in [3.8, 4) is 22.5 Å². The summed E-state index contributed by atoms with van der Waals surface area (Å²) in [5.41, 5.74) is 12.5. The maximum absolute atomic E-state index is 13.9. The van der Waals surface area contributed by atoms with Crippen LogP contribution >= 0.6 is 0 Å². The lowest BCUT2D eigenvalue weighted by Crippen LogP contribution is -2.31. The number of pyridine rings is 1. The number of benzene rings is 2. The molecule has 51 heavy (non-hydrogen) atoms. The van der Waals surface area contributed by atoms with Crippen molar-refractivity contribution in [1.29, 1.82) is 0 Å². The van der Waals surface area contributed by atoms with E-state index in [-0.39, 0.29) is 30.6 Å². The van der Waals surface area contributed by atoms with Crippen molar-refractivity contribution < 1.29 is 14.4 Å². The van der Waals surface area contributed by atoms with Crippen LogP contribution in [0.3, 0.4) is 0 Å². The Bertz CT molecular complexity index is 1830. The second-order valence-electron chi connectivity index (χ2n) is 12.7. The number of amides is 3. The number of fused-ring (bicyclic) bond motifs is 5. The van der Waals surface area contributed by atoms with Gasteiger partial charge in [0.25, 0.3) is 5.91 Å². The van der Waals surface area contributed by atoms with Crippen LogP contribution in [0.2, 0.25) is 0 Å². The van der Waals surface area contributed by atoms with E-state index in [9.17, 15) is 14.4 Å². The number of carbonyl (C=O) groups excluding carboxylic acids is 3. The highest BCUT2D eigenvalue weighted by molar-refractivity contribution is 6.00. The van der Waals surface area contributed by atoms with Crippen molar-refractivity contribution in [2.75, 3.05) is 50.5 Å². The van der Waals surface area contributed by atoms with E-state index in [0.717, 1.165) is 59.0 Å². The Morgan fingerprint density at radius 1 is 0.922 bits per heavy atom. The number of nitrogens with two attached hydrogens (primary N) is 1. The van der Waals surface area contributed by atoms with E-state index >= 15 is 0 Å². The van der Waals surface area contributed by atoms with E-state index in [1.807, 2.05) is 90.1 Å². The van der Waals surface area contributed by atoms with Gasteiger partial charge in [-0.25, -0.2) is 9.67 Å². The molecule has 0 bridgehead atoms. The molecule has 13 nitrogen and oxygen atoms in total. The lowest BCUT2D eigenvalue weighted by molar-refractivity contribution is -0.119. The van der Waals surface area contributed by atoms with Crippen molar-refractivity contribution in [3.05, 3.63) is 89.8 Å². The molecule has 2 aromatic heterocycles. The van der Waals surface area contributed by atoms with Crippen LogP contribution in [-0.4, -0.2) is 82.9 Å². The van der Waals surface area contributed by atoms with Gasteiger partial charge in [0.1, 0.15) is 11.5 Å². The SMILES string of the molecule is C/C=C(\CN)NCCCn1nnc2c1-c1ccccc1N(C(=O)CCCCC(=O)Nc1ccc(C(=O)NCCN(C)C)cn1)Cc1ccccc1-2. The second kappa shape index (κ2) is 18.0. The molecule has 13 heteroatoms. The minimum Gasteiger partial charge on any atom is -0.388 e. The average Bonchev–Trinajstić information content (AvgIpc) is 3.55. The third kappa shape index (κ3) is 9.65. The molecule has 3 heterocycles. The largest absolute Gasteiger partial charge is 0.388 e. The molecule has 0 fully saturated rings. The van der Waals surface area contributed by atoms with Gasteiger partial charge in [0.15, 0.2) is 0 Å². The van der Waals surface area contributed by atoms with Crippen LogP contribution in [0, 0.1) is 0 Å². The predicted octanol–water partition coefficient (Wildman–Crippen LogP) is 4.19. The first-order chi connectivity index (χ1) is 24.8. The summed E-state index contributed by atoms with van der Waals surface area (Å²) in [6.45, 7) is 5.45. The summed E-state index contributed by atoms with van der Waals surface area (Å²) in [4.78, 5) is 47.0. The summed E-state index contributed by atoms with van der Waals surface area (Å²) in [7, 11) is 3.88. The van der Waals surface area contributed by atoms with Gasteiger partial charge in [-0.2, -0.15) is 0 Å². The Kier molecular flexibility index (Phi) is 13.0. The number of hydrogen-bond acceptors (Lipinski definition) is 9. The first kappa shape index (κ1) is 36.9. The quantitative estimate of drug-likeness (QED) is 0.126. The van der Waals surface area contributed by atoms with Gasteiger partial charge in [0.2, 0.25) is 11.8 Å². The zero-order valence-electron chi connectivity index (χ0n) is 29.7. The van der Waals surface area contributed by atoms with Crippen LogP contribution in [0.25, 0.3) is 22.5 Å². The summed E-state index contributed by atoms with van der Waals surface area (Å²) in [5.74, 6) is -0.0572. The molecule has 0 saturated carbocycles. The minimum absolute atomic E-state index is 0.0221. The number of aryl methyl sites for hydroxylation is 1. The highest BCUT2D eigenvalue weighted by Gasteiger charge is 2.29. The lowest BCUT2D eigenvalue weighted by atomic mass is 9.95. The van der Waals surface area contributed by atoms with Gasteiger partial charge < -0.3 is 31.5 Å². The smallest absolute Gasteiger partial charge is 0.252 e. The average molecular weight is 693 g/mol. The first-order valence-corrected chi connectivity index (χ1v) is 17.5. The zero-order valence-corrected chi connectivity index (χ0v) is 29.7. The topological polar surface area (TPSA) is 163 Å². The van der Waals surface area contributed by atoms with E-state index in [1.165, 1.54) is 6.20 Å². The molecule has 5 rings (SSSR count). The highest BCUT2D eigenvalue weighted by atomic mass is 16.2. The van der Waals surface area contributed by atoms with Gasteiger partial charge >= 0.3 is 0 Å². The van der Waals surface area contributed by atoms with Crippen LogP contribution in [0.5, 0.6) is 0 Å². The van der Waals surface area contributed by atoms with Crippen molar-refractivity contribution in [2.45, 2.75) is 52.1 Å². The van der Waals surface area contributed by atoms with E-state index in [4.69, 9.17) is 5.73 Å². The molecule has 0 aliphatic carbocycles. The van der Waals surface area contributed by atoms with Gasteiger partial charge in [-0.05, 0) is 64.0 Å². The molecule has 1 aliphatic rings. The number of unbranched alkanes of at least 4 members (excludes halogenated alkanes) is 1. The molecule has 5 N–H and O–H groups in total. The number of likely N-dealkylation sites (N-methyl/N-ethyl adjacent to an activating group) is 1. The Labute approximate surface area is 299 Å². The molecule has 268 valence electrons. The van der Waals surface area contributed by atoms with E-state index in [0.29, 0.717) is 50.4 Å². The fourth-order valence-corrected chi connectivity index (χ4v) is 5.96. The summed E-state index contributed by atoms with van der Waals surface area (Å²) in [5, 5.41) is 18.2. The molecule has 2 aromatic carbocycles. The molecule has 0 radical (unpaired) electrons. The normalized spacial score (nSPS) is 12.3. The van der Waals surface area contributed by atoms with Crippen molar-refractivity contribution in [1.82, 2.24) is 35.5 Å². The third-order valence-electron chi connectivity index (χ3n) is 8.74. The molecule has 4 aromatic rings. The Morgan fingerprint density at radius 2 is 1.69 bits per heavy atom. The number of carbonyl (C=O) groups is 3. The zero-order chi connectivity index (χ0) is 36.2. The molecule has 1 aliphatic heterocycles. The number of aromatic nitrogens is 4. The molecule has 0 atom stereocenters. The van der Waals surface area contributed by atoms with Gasteiger partial charge in [-0.3, -0.25) is 14.4 Å². The van der Waals surface area contributed by atoms with Crippen molar-refractivity contribution >= 4 is 29.2 Å². The fourth-order valence-electron chi connectivity index (χ4n) is 5.96. The number of nitrogens with zero attached hydrogens (tertiary/aromatic N) is 6. The molecule has 0 unspecified atom stereocenters. The van der Waals surface area contributed by atoms with E-state index in [1.54, 1.807) is 12.1 Å². The molecule has 0 saturated heterocycles. The van der Waals surface area contributed by atoms with E-state index < -0.39 is 0 Å². The van der Waals surface area contributed by atoms with Crippen molar-refractivity contribution in [2.24, 2.45) is 5.73 Å². The van der Waals surface area contributed by atoms with Crippen LogP contribution in [0.1, 0.15) is 54.9 Å². The van der Waals surface area contributed by atoms with Gasteiger partial charge in [-0.15, -0.1) is 5.10 Å². The van der Waals surface area contributed by atoms with Crippen molar-refractivity contribution in [3.63, 3.8) is 0 Å². The van der Waals surface area contributed by atoms with Gasteiger partial charge in [-0.1, -0.05) is 53.8 Å². The number of hydrogen-bond donors (Lipinski definition) is 4. The van der Waals surface area contributed by atoms with Crippen LogP contribution in [0.15, 0.2) is 78.6 Å². The number of para-hydroxylation sites is 1. The lowest BCUT2D eigenvalue weighted by Gasteiger charge is -2.29. The second-order valence-corrected chi connectivity index (χ2v) is 12.7. The summed E-state index contributed by atoms with van der Waals surface area (Å²) >= 11 is 0. The molecule has 0 spiro atoms. The Hall–Kier alpha value is -5.40. The maximum Gasteiger partial charge on any atom is 0.252 e. The fraction of sp³-hybridized carbons (Fsp3) is 0.368. The first-order valence-electron chi connectivity index (χ1n) is 17.5. The maximum atomic E-state index is 13.9. The molecular formula is C38H48N10O3. The summed E-state index contributed by atoms with van der Waals surface area (Å²) < 4.78 is 1.93. The van der Waals surface area contributed by atoms with Gasteiger partial charge in [0, 0.05) is 68.6 Å². The molecular weight excluding hydrogens is 644 g/mol.